The van der Waals surface area contributed by atoms with Crippen LogP contribution in [0, 0.1) is 24.1 Å². The SMILES string of the molecule is Cc1ccc(F)cc1NC(C)C#N. The first kappa shape index (κ1) is 9.53. The molecular formula is C10H11FN2. The lowest BCUT2D eigenvalue weighted by atomic mass is 10.2. The summed E-state index contributed by atoms with van der Waals surface area (Å²) in [6.07, 6.45) is 0. The third-order valence-electron chi connectivity index (χ3n) is 1.77. The number of halogens is 1. The fraction of sp³-hybridized carbons (Fsp3) is 0.300. The second-order valence-corrected chi connectivity index (χ2v) is 2.95. The summed E-state index contributed by atoms with van der Waals surface area (Å²) in [5, 5.41) is 11.4. The number of nitriles is 1. The Kier molecular flexibility index (Phi) is 2.86. The van der Waals surface area contributed by atoms with Crippen LogP contribution in [0.4, 0.5) is 10.1 Å². The van der Waals surface area contributed by atoms with Gasteiger partial charge in [-0.3, -0.25) is 0 Å². The lowest BCUT2D eigenvalue weighted by Crippen LogP contribution is -2.12. The van der Waals surface area contributed by atoms with Crippen molar-refractivity contribution < 1.29 is 4.39 Å². The van der Waals surface area contributed by atoms with Crippen molar-refractivity contribution in [3.05, 3.63) is 29.6 Å². The van der Waals surface area contributed by atoms with E-state index >= 15 is 0 Å². The molecule has 0 aliphatic carbocycles. The molecule has 0 radical (unpaired) electrons. The van der Waals surface area contributed by atoms with Gasteiger partial charge in [0.1, 0.15) is 11.9 Å². The Labute approximate surface area is 77.0 Å². The Morgan fingerprint density at radius 3 is 2.85 bits per heavy atom. The van der Waals surface area contributed by atoms with Crippen LogP contribution in [0.2, 0.25) is 0 Å². The lowest BCUT2D eigenvalue weighted by Gasteiger charge is -2.10. The monoisotopic (exact) mass is 178 g/mol. The number of hydrogen-bond acceptors (Lipinski definition) is 2. The largest absolute Gasteiger partial charge is 0.370 e. The van der Waals surface area contributed by atoms with E-state index in [0.717, 1.165) is 5.56 Å². The first-order valence-electron chi connectivity index (χ1n) is 4.06. The van der Waals surface area contributed by atoms with Gasteiger partial charge in [0.15, 0.2) is 0 Å². The Balaban J connectivity index is 2.88. The number of nitrogens with one attached hydrogen (secondary N) is 1. The number of anilines is 1. The summed E-state index contributed by atoms with van der Waals surface area (Å²) in [5.74, 6) is -0.293. The fourth-order valence-corrected chi connectivity index (χ4v) is 1.02. The topological polar surface area (TPSA) is 35.8 Å². The molecule has 0 aliphatic rings. The van der Waals surface area contributed by atoms with Gasteiger partial charge < -0.3 is 5.32 Å². The number of hydrogen-bond donors (Lipinski definition) is 1. The molecule has 0 heterocycles. The Morgan fingerprint density at radius 1 is 1.54 bits per heavy atom. The molecule has 0 bridgehead atoms. The van der Waals surface area contributed by atoms with Crippen molar-refractivity contribution in [3.63, 3.8) is 0 Å². The average molecular weight is 178 g/mol. The normalized spacial score (nSPS) is 11.8. The molecule has 1 aromatic carbocycles. The molecule has 0 amide bonds. The van der Waals surface area contributed by atoms with E-state index in [2.05, 4.69) is 5.32 Å². The van der Waals surface area contributed by atoms with Crippen LogP contribution in [0.15, 0.2) is 18.2 Å². The van der Waals surface area contributed by atoms with Crippen LogP contribution in [0.1, 0.15) is 12.5 Å². The minimum atomic E-state index is -0.305. The van der Waals surface area contributed by atoms with Crippen LogP contribution in [0.25, 0.3) is 0 Å². The van der Waals surface area contributed by atoms with Gasteiger partial charge in [-0.25, -0.2) is 4.39 Å². The summed E-state index contributed by atoms with van der Waals surface area (Å²) in [6, 6.07) is 6.20. The van der Waals surface area contributed by atoms with E-state index in [0.29, 0.717) is 5.69 Å². The van der Waals surface area contributed by atoms with Crippen LogP contribution < -0.4 is 5.32 Å². The Hall–Kier alpha value is -1.56. The van der Waals surface area contributed by atoms with Gasteiger partial charge in [0.2, 0.25) is 0 Å². The van der Waals surface area contributed by atoms with E-state index < -0.39 is 0 Å². The molecule has 0 saturated carbocycles. The minimum absolute atomic E-state index is 0.293. The summed E-state index contributed by atoms with van der Waals surface area (Å²) in [6.45, 7) is 3.59. The molecule has 1 atom stereocenters. The Morgan fingerprint density at radius 2 is 2.23 bits per heavy atom. The quantitative estimate of drug-likeness (QED) is 0.755. The van der Waals surface area contributed by atoms with E-state index in [4.69, 9.17) is 5.26 Å². The van der Waals surface area contributed by atoms with Crippen molar-refractivity contribution in [3.8, 4) is 6.07 Å². The van der Waals surface area contributed by atoms with E-state index in [-0.39, 0.29) is 11.9 Å². The molecule has 68 valence electrons. The van der Waals surface area contributed by atoms with Crippen LogP contribution in [-0.2, 0) is 0 Å². The number of nitrogens with zero attached hydrogens (tertiary/aromatic N) is 1. The number of aryl methyl sites for hydroxylation is 1. The number of rotatable bonds is 2. The molecular weight excluding hydrogens is 167 g/mol. The van der Waals surface area contributed by atoms with Crippen LogP contribution >= 0.6 is 0 Å². The van der Waals surface area contributed by atoms with Gasteiger partial charge in [-0.2, -0.15) is 5.26 Å². The summed E-state index contributed by atoms with van der Waals surface area (Å²) in [5.41, 5.74) is 1.61. The van der Waals surface area contributed by atoms with Crippen LogP contribution in [0.3, 0.4) is 0 Å². The van der Waals surface area contributed by atoms with Gasteiger partial charge in [0.25, 0.3) is 0 Å². The van der Waals surface area contributed by atoms with Gasteiger partial charge >= 0.3 is 0 Å². The molecule has 1 N–H and O–H groups in total. The standard InChI is InChI=1S/C10H11FN2/c1-7-3-4-9(11)5-10(7)13-8(2)6-12/h3-5,8,13H,1-2H3. The van der Waals surface area contributed by atoms with E-state index in [1.54, 1.807) is 13.0 Å². The summed E-state index contributed by atoms with van der Waals surface area (Å²) in [4.78, 5) is 0. The molecule has 0 aliphatic heterocycles. The molecule has 13 heavy (non-hydrogen) atoms. The molecule has 0 aromatic heterocycles. The Bertz CT molecular complexity index is 341. The molecule has 1 rings (SSSR count). The van der Waals surface area contributed by atoms with E-state index in [1.807, 2.05) is 13.0 Å². The van der Waals surface area contributed by atoms with Crippen molar-refractivity contribution in [1.82, 2.24) is 0 Å². The third-order valence-corrected chi connectivity index (χ3v) is 1.77. The maximum Gasteiger partial charge on any atom is 0.125 e. The minimum Gasteiger partial charge on any atom is -0.370 e. The third kappa shape index (κ3) is 2.45. The van der Waals surface area contributed by atoms with Crippen molar-refractivity contribution in [2.24, 2.45) is 0 Å². The lowest BCUT2D eigenvalue weighted by molar-refractivity contribution is 0.627. The second kappa shape index (κ2) is 3.90. The van der Waals surface area contributed by atoms with E-state index in [1.165, 1.54) is 12.1 Å². The summed E-state index contributed by atoms with van der Waals surface area (Å²) in [7, 11) is 0. The average Bonchev–Trinajstić information content (AvgIpc) is 2.11. The molecule has 0 fully saturated rings. The van der Waals surface area contributed by atoms with Crippen LogP contribution in [-0.4, -0.2) is 6.04 Å². The van der Waals surface area contributed by atoms with Crippen molar-refractivity contribution >= 4 is 5.69 Å². The molecule has 3 heteroatoms. The highest BCUT2D eigenvalue weighted by molar-refractivity contribution is 5.52. The zero-order valence-electron chi connectivity index (χ0n) is 7.63. The predicted octanol–water partition coefficient (Wildman–Crippen LogP) is 2.46. The molecule has 1 unspecified atom stereocenters. The van der Waals surface area contributed by atoms with Gasteiger partial charge in [-0.1, -0.05) is 6.07 Å². The van der Waals surface area contributed by atoms with Gasteiger partial charge in [0.05, 0.1) is 6.07 Å². The smallest absolute Gasteiger partial charge is 0.125 e. The highest BCUT2D eigenvalue weighted by atomic mass is 19.1. The molecule has 2 nitrogen and oxygen atoms in total. The van der Waals surface area contributed by atoms with Crippen molar-refractivity contribution in [1.29, 1.82) is 5.26 Å². The summed E-state index contributed by atoms with van der Waals surface area (Å²) >= 11 is 0. The fourth-order valence-electron chi connectivity index (χ4n) is 1.02. The maximum absolute atomic E-state index is 12.8. The van der Waals surface area contributed by atoms with Gasteiger partial charge in [-0.05, 0) is 31.5 Å². The highest BCUT2D eigenvalue weighted by Crippen LogP contribution is 2.16. The molecule has 0 spiro atoms. The zero-order chi connectivity index (χ0) is 9.84. The number of benzene rings is 1. The molecule has 1 aromatic rings. The first-order chi connectivity index (χ1) is 6.13. The van der Waals surface area contributed by atoms with E-state index in [9.17, 15) is 4.39 Å². The molecule has 0 saturated heterocycles. The zero-order valence-corrected chi connectivity index (χ0v) is 7.63. The summed E-state index contributed by atoms with van der Waals surface area (Å²) < 4.78 is 12.8. The van der Waals surface area contributed by atoms with Gasteiger partial charge in [-0.15, -0.1) is 0 Å². The van der Waals surface area contributed by atoms with Crippen molar-refractivity contribution in [2.45, 2.75) is 19.9 Å². The highest BCUT2D eigenvalue weighted by Gasteiger charge is 2.03. The van der Waals surface area contributed by atoms with Gasteiger partial charge in [0, 0.05) is 5.69 Å². The van der Waals surface area contributed by atoms with Crippen molar-refractivity contribution in [2.75, 3.05) is 5.32 Å². The predicted molar refractivity (Wildman–Crippen MR) is 49.8 cm³/mol. The van der Waals surface area contributed by atoms with Crippen LogP contribution in [0.5, 0.6) is 0 Å². The second-order valence-electron chi connectivity index (χ2n) is 2.95. The first-order valence-corrected chi connectivity index (χ1v) is 4.06. The maximum atomic E-state index is 12.8.